The first-order valence-corrected chi connectivity index (χ1v) is 6.15. The van der Waals surface area contributed by atoms with Crippen LogP contribution in [-0.2, 0) is 10.2 Å². The SMILES string of the molecule is CC(CNS(N)(=O)=O)Oc1ccccc1O. The third kappa shape index (κ3) is 4.47. The Morgan fingerprint density at radius 3 is 2.69 bits per heavy atom. The fourth-order valence-electron chi connectivity index (χ4n) is 1.05. The lowest BCUT2D eigenvalue weighted by Crippen LogP contribution is -2.37. The van der Waals surface area contributed by atoms with Crippen LogP contribution in [0.4, 0.5) is 0 Å². The van der Waals surface area contributed by atoms with Crippen LogP contribution in [0.25, 0.3) is 0 Å². The topological polar surface area (TPSA) is 102 Å². The minimum Gasteiger partial charge on any atom is -0.504 e. The standard InChI is InChI=1S/C9H14N2O4S/c1-7(6-11-16(10,13)14)15-9-5-3-2-4-8(9)12/h2-5,7,11-12H,6H2,1H3,(H2,10,13,14). The van der Waals surface area contributed by atoms with Gasteiger partial charge in [-0.05, 0) is 19.1 Å². The van der Waals surface area contributed by atoms with Gasteiger partial charge in [0.25, 0.3) is 10.2 Å². The Morgan fingerprint density at radius 1 is 1.50 bits per heavy atom. The number of phenolic OH excluding ortho intramolecular Hbond substituents is 1. The molecule has 0 heterocycles. The van der Waals surface area contributed by atoms with Crippen molar-refractivity contribution in [1.82, 2.24) is 4.72 Å². The second-order valence-electron chi connectivity index (χ2n) is 3.29. The molecule has 1 atom stereocenters. The summed E-state index contributed by atoms with van der Waals surface area (Å²) < 4.78 is 28.6. The molecule has 90 valence electrons. The summed E-state index contributed by atoms with van der Waals surface area (Å²) in [4.78, 5) is 0. The summed E-state index contributed by atoms with van der Waals surface area (Å²) in [6, 6.07) is 6.43. The van der Waals surface area contributed by atoms with E-state index in [1.165, 1.54) is 6.07 Å². The molecule has 6 nitrogen and oxygen atoms in total. The summed E-state index contributed by atoms with van der Waals surface area (Å²) in [6.07, 6.45) is -0.438. The lowest BCUT2D eigenvalue weighted by atomic mass is 10.3. The van der Waals surface area contributed by atoms with Crippen molar-refractivity contribution in [3.63, 3.8) is 0 Å². The first-order valence-electron chi connectivity index (χ1n) is 4.60. The van der Waals surface area contributed by atoms with Crippen molar-refractivity contribution >= 4 is 10.2 Å². The monoisotopic (exact) mass is 246 g/mol. The molecule has 7 heteroatoms. The highest BCUT2D eigenvalue weighted by Crippen LogP contribution is 2.25. The summed E-state index contributed by atoms with van der Waals surface area (Å²) in [6.45, 7) is 1.69. The predicted molar refractivity (Wildman–Crippen MR) is 59.3 cm³/mol. The fraction of sp³-hybridized carbons (Fsp3) is 0.333. The highest BCUT2D eigenvalue weighted by Gasteiger charge is 2.09. The number of phenols is 1. The molecule has 0 aliphatic carbocycles. The second-order valence-corrected chi connectivity index (χ2v) is 4.67. The van der Waals surface area contributed by atoms with Gasteiger partial charge >= 0.3 is 0 Å². The Balaban J connectivity index is 2.52. The van der Waals surface area contributed by atoms with Crippen molar-refractivity contribution in [2.75, 3.05) is 6.54 Å². The van der Waals surface area contributed by atoms with Gasteiger partial charge in [0.2, 0.25) is 0 Å². The number of hydrogen-bond acceptors (Lipinski definition) is 4. The summed E-state index contributed by atoms with van der Waals surface area (Å²) in [5, 5.41) is 14.2. The maximum atomic E-state index is 10.6. The Bertz CT molecular complexity index is 447. The average Bonchev–Trinajstić information content (AvgIpc) is 2.18. The molecule has 1 aromatic carbocycles. The van der Waals surface area contributed by atoms with E-state index in [-0.39, 0.29) is 12.3 Å². The van der Waals surface area contributed by atoms with Gasteiger partial charge < -0.3 is 9.84 Å². The van der Waals surface area contributed by atoms with E-state index in [0.717, 1.165) is 0 Å². The van der Waals surface area contributed by atoms with Crippen molar-refractivity contribution < 1.29 is 18.3 Å². The molecule has 1 rings (SSSR count). The van der Waals surface area contributed by atoms with Crippen LogP contribution in [0.15, 0.2) is 24.3 Å². The molecule has 0 bridgehead atoms. The van der Waals surface area contributed by atoms with E-state index >= 15 is 0 Å². The number of nitrogens with two attached hydrogens (primary N) is 1. The highest BCUT2D eigenvalue weighted by atomic mass is 32.2. The molecule has 0 aliphatic rings. The van der Waals surface area contributed by atoms with Crippen LogP contribution >= 0.6 is 0 Å². The smallest absolute Gasteiger partial charge is 0.274 e. The third-order valence-corrected chi connectivity index (χ3v) is 2.33. The van der Waals surface area contributed by atoms with Crippen molar-refractivity contribution in [2.45, 2.75) is 13.0 Å². The maximum absolute atomic E-state index is 10.6. The van der Waals surface area contributed by atoms with Gasteiger partial charge in [0, 0.05) is 6.54 Å². The largest absolute Gasteiger partial charge is 0.504 e. The maximum Gasteiger partial charge on any atom is 0.274 e. The second kappa shape index (κ2) is 5.15. The molecule has 0 aliphatic heterocycles. The van der Waals surface area contributed by atoms with E-state index in [0.29, 0.717) is 5.75 Å². The molecular formula is C9H14N2O4S. The molecule has 4 N–H and O–H groups in total. The minimum absolute atomic E-state index is 0.00459. The Kier molecular flexibility index (Phi) is 4.11. The zero-order valence-corrected chi connectivity index (χ0v) is 9.57. The van der Waals surface area contributed by atoms with Gasteiger partial charge in [-0.2, -0.15) is 13.1 Å². The fourth-order valence-corrected chi connectivity index (χ4v) is 1.52. The number of para-hydroxylation sites is 2. The van der Waals surface area contributed by atoms with Crippen LogP contribution in [-0.4, -0.2) is 26.2 Å². The number of benzene rings is 1. The van der Waals surface area contributed by atoms with Gasteiger partial charge in [-0.3, -0.25) is 0 Å². The first kappa shape index (κ1) is 12.8. The van der Waals surface area contributed by atoms with E-state index in [1.54, 1.807) is 25.1 Å². The molecule has 0 aromatic heterocycles. The zero-order chi connectivity index (χ0) is 12.2. The first-order chi connectivity index (χ1) is 7.38. The summed E-state index contributed by atoms with van der Waals surface area (Å²) in [5.41, 5.74) is 0. The number of rotatable bonds is 5. The average molecular weight is 246 g/mol. The van der Waals surface area contributed by atoms with Crippen LogP contribution in [0, 0.1) is 0 Å². The number of nitrogens with one attached hydrogen (secondary N) is 1. The molecule has 0 radical (unpaired) electrons. The van der Waals surface area contributed by atoms with Gasteiger partial charge in [0.1, 0.15) is 6.10 Å². The molecular weight excluding hydrogens is 232 g/mol. The summed E-state index contributed by atoms with van der Waals surface area (Å²) in [7, 11) is -3.71. The lowest BCUT2D eigenvalue weighted by molar-refractivity contribution is 0.216. The number of ether oxygens (including phenoxy) is 1. The molecule has 0 spiro atoms. The van der Waals surface area contributed by atoms with Crippen LogP contribution in [0.3, 0.4) is 0 Å². The van der Waals surface area contributed by atoms with Gasteiger partial charge in [-0.15, -0.1) is 0 Å². The van der Waals surface area contributed by atoms with Crippen molar-refractivity contribution in [2.24, 2.45) is 5.14 Å². The van der Waals surface area contributed by atoms with Crippen molar-refractivity contribution in [1.29, 1.82) is 0 Å². The summed E-state index contributed by atoms with van der Waals surface area (Å²) in [5.74, 6) is 0.302. The van der Waals surface area contributed by atoms with Gasteiger partial charge in [-0.25, -0.2) is 5.14 Å². The van der Waals surface area contributed by atoms with Crippen molar-refractivity contribution in [3.05, 3.63) is 24.3 Å². The van der Waals surface area contributed by atoms with Crippen LogP contribution in [0.1, 0.15) is 6.92 Å². The number of aromatic hydroxyl groups is 1. The van der Waals surface area contributed by atoms with Gasteiger partial charge in [-0.1, -0.05) is 12.1 Å². The summed E-state index contributed by atoms with van der Waals surface area (Å²) >= 11 is 0. The Hall–Kier alpha value is -1.31. The highest BCUT2D eigenvalue weighted by molar-refractivity contribution is 7.87. The lowest BCUT2D eigenvalue weighted by Gasteiger charge is -2.15. The molecule has 0 fully saturated rings. The van der Waals surface area contributed by atoms with E-state index in [2.05, 4.69) is 4.72 Å². The normalized spacial score (nSPS) is 13.4. The minimum atomic E-state index is -3.71. The van der Waals surface area contributed by atoms with E-state index in [1.807, 2.05) is 0 Å². The quantitative estimate of drug-likeness (QED) is 0.678. The van der Waals surface area contributed by atoms with Crippen LogP contribution in [0.5, 0.6) is 11.5 Å². The Morgan fingerprint density at radius 2 is 2.12 bits per heavy atom. The molecule has 1 aromatic rings. The molecule has 0 saturated carbocycles. The van der Waals surface area contributed by atoms with E-state index in [4.69, 9.17) is 9.88 Å². The van der Waals surface area contributed by atoms with Crippen molar-refractivity contribution in [3.8, 4) is 11.5 Å². The van der Waals surface area contributed by atoms with E-state index in [9.17, 15) is 13.5 Å². The predicted octanol–water partition coefficient (Wildman–Crippen LogP) is -0.0474. The van der Waals surface area contributed by atoms with Crippen LogP contribution < -0.4 is 14.6 Å². The molecule has 0 saturated heterocycles. The van der Waals surface area contributed by atoms with Crippen LogP contribution in [0.2, 0.25) is 0 Å². The Labute approximate surface area is 94.2 Å². The van der Waals surface area contributed by atoms with E-state index < -0.39 is 16.3 Å². The van der Waals surface area contributed by atoms with Gasteiger partial charge in [0.05, 0.1) is 0 Å². The number of hydrogen-bond donors (Lipinski definition) is 3. The third-order valence-electron chi connectivity index (χ3n) is 1.77. The molecule has 0 amide bonds. The molecule has 1 unspecified atom stereocenters. The van der Waals surface area contributed by atoms with Gasteiger partial charge in [0.15, 0.2) is 11.5 Å². The zero-order valence-electron chi connectivity index (χ0n) is 8.75. The molecule has 16 heavy (non-hydrogen) atoms.